The second kappa shape index (κ2) is 4.68. The molecule has 1 N–H and O–H groups in total. The molecule has 118 valence electrons. The number of nitrogens with zero attached hydrogens (tertiary/aromatic N) is 1. The molecule has 4 atom stereocenters. The van der Waals surface area contributed by atoms with Gasteiger partial charge in [-0.3, -0.25) is 9.59 Å². The van der Waals surface area contributed by atoms with E-state index in [0.717, 1.165) is 11.3 Å². The number of carbonyl (C=O) groups is 3. The molecule has 2 bridgehead atoms. The average molecular weight is 313 g/mol. The molecule has 2 amide bonds. The standard InChI is InChI=1S/C17H15NO5/c1-23-12-5-4-10(17(21)22)7-11(12)18-15(19)13-8-2-3-9(6-8)14(13)16(18)20/h2-5,7-9,13-14H,6H2,1H3,(H,21,22). The number of ether oxygens (including phenoxy) is 1. The van der Waals surface area contributed by atoms with E-state index in [1.165, 1.54) is 25.3 Å². The van der Waals surface area contributed by atoms with Crippen LogP contribution in [0.2, 0.25) is 0 Å². The van der Waals surface area contributed by atoms with E-state index in [1.54, 1.807) is 0 Å². The third-order valence-electron chi connectivity index (χ3n) is 5.14. The normalized spacial score (nSPS) is 30.9. The number of amides is 2. The smallest absolute Gasteiger partial charge is 0.335 e. The lowest BCUT2D eigenvalue weighted by Gasteiger charge is -2.20. The molecule has 1 aromatic carbocycles. The maximum Gasteiger partial charge on any atom is 0.335 e. The summed E-state index contributed by atoms with van der Waals surface area (Å²) < 4.78 is 5.23. The van der Waals surface area contributed by atoms with Crippen LogP contribution in [0.5, 0.6) is 5.75 Å². The molecule has 2 fully saturated rings. The van der Waals surface area contributed by atoms with Crippen LogP contribution in [0.1, 0.15) is 16.8 Å². The minimum absolute atomic E-state index is 0.0135. The second-order valence-corrected chi connectivity index (χ2v) is 6.20. The number of carbonyl (C=O) groups excluding carboxylic acids is 2. The highest BCUT2D eigenvalue weighted by molar-refractivity contribution is 6.23. The minimum atomic E-state index is -1.12. The Morgan fingerprint density at radius 1 is 1.17 bits per heavy atom. The lowest BCUT2D eigenvalue weighted by Crippen LogP contribution is -2.33. The molecule has 4 rings (SSSR count). The zero-order chi connectivity index (χ0) is 16.3. The van der Waals surface area contributed by atoms with Crippen molar-refractivity contribution < 1.29 is 24.2 Å². The highest BCUT2D eigenvalue weighted by Crippen LogP contribution is 2.53. The number of carboxylic acids is 1. The van der Waals surface area contributed by atoms with Gasteiger partial charge in [-0.2, -0.15) is 0 Å². The first kappa shape index (κ1) is 14.0. The zero-order valence-corrected chi connectivity index (χ0v) is 12.4. The van der Waals surface area contributed by atoms with E-state index in [4.69, 9.17) is 9.84 Å². The molecule has 1 aliphatic heterocycles. The van der Waals surface area contributed by atoms with Gasteiger partial charge in [0.15, 0.2) is 0 Å². The van der Waals surface area contributed by atoms with Crippen molar-refractivity contribution in [3.05, 3.63) is 35.9 Å². The summed E-state index contributed by atoms with van der Waals surface area (Å²) in [6.07, 6.45) is 4.89. The Labute approximate surface area is 132 Å². The van der Waals surface area contributed by atoms with Crippen molar-refractivity contribution >= 4 is 23.5 Å². The summed E-state index contributed by atoms with van der Waals surface area (Å²) in [5, 5.41) is 9.16. The van der Waals surface area contributed by atoms with Crippen molar-refractivity contribution in [1.82, 2.24) is 0 Å². The first-order valence-corrected chi connectivity index (χ1v) is 7.50. The molecule has 1 heterocycles. The number of allylic oxidation sites excluding steroid dienone is 2. The molecule has 0 radical (unpaired) electrons. The summed E-state index contributed by atoms with van der Waals surface area (Å²) in [6.45, 7) is 0. The van der Waals surface area contributed by atoms with Crippen molar-refractivity contribution in [3.63, 3.8) is 0 Å². The van der Waals surface area contributed by atoms with Crippen molar-refractivity contribution in [2.75, 3.05) is 12.0 Å². The monoisotopic (exact) mass is 313 g/mol. The van der Waals surface area contributed by atoms with Crippen LogP contribution in [-0.2, 0) is 9.59 Å². The Hall–Kier alpha value is -2.63. The van der Waals surface area contributed by atoms with E-state index in [9.17, 15) is 14.4 Å². The van der Waals surface area contributed by atoms with E-state index >= 15 is 0 Å². The third-order valence-corrected chi connectivity index (χ3v) is 5.14. The maximum absolute atomic E-state index is 12.8. The van der Waals surface area contributed by atoms with Crippen LogP contribution in [-0.4, -0.2) is 30.0 Å². The molecule has 6 nitrogen and oxygen atoms in total. The first-order valence-electron chi connectivity index (χ1n) is 7.50. The van der Waals surface area contributed by atoms with Gasteiger partial charge < -0.3 is 9.84 Å². The Morgan fingerprint density at radius 3 is 2.30 bits per heavy atom. The fraction of sp³-hybridized carbons (Fsp3) is 0.353. The number of hydrogen-bond acceptors (Lipinski definition) is 4. The number of carboxylic acid groups (broad SMARTS) is 1. The van der Waals surface area contributed by atoms with Crippen molar-refractivity contribution in [2.45, 2.75) is 6.42 Å². The molecule has 0 spiro atoms. The van der Waals surface area contributed by atoms with E-state index < -0.39 is 5.97 Å². The lowest BCUT2D eigenvalue weighted by molar-refractivity contribution is -0.123. The summed E-state index contributed by atoms with van der Waals surface area (Å²) in [4.78, 5) is 37.9. The molecular formula is C17H15NO5. The van der Waals surface area contributed by atoms with Crippen LogP contribution in [0.4, 0.5) is 5.69 Å². The van der Waals surface area contributed by atoms with Gasteiger partial charge in [-0.1, -0.05) is 12.2 Å². The predicted octanol–water partition coefficient (Wildman–Crippen LogP) is 1.70. The average Bonchev–Trinajstić information content (AvgIpc) is 3.21. The van der Waals surface area contributed by atoms with Crippen molar-refractivity contribution in [1.29, 1.82) is 0 Å². The van der Waals surface area contributed by atoms with E-state index in [1.807, 2.05) is 12.2 Å². The van der Waals surface area contributed by atoms with Gasteiger partial charge >= 0.3 is 5.97 Å². The lowest BCUT2D eigenvalue weighted by atomic mass is 9.85. The SMILES string of the molecule is COc1ccc(C(=O)O)cc1N1C(=O)C2C3C=CC(C3)C2C1=O. The number of aromatic carboxylic acids is 1. The molecule has 1 saturated carbocycles. The van der Waals surface area contributed by atoms with Crippen LogP contribution in [0.25, 0.3) is 0 Å². The predicted molar refractivity (Wildman–Crippen MR) is 80.2 cm³/mol. The quantitative estimate of drug-likeness (QED) is 0.678. The molecule has 3 aliphatic rings. The highest BCUT2D eigenvalue weighted by Gasteiger charge is 2.59. The molecular weight excluding hydrogens is 298 g/mol. The number of rotatable bonds is 3. The van der Waals surface area contributed by atoms with Gasteiger partial charge in [-0.05, 0) is 36.5 Å². The number of hydrogen-bond donors (Lipinski definition) is 1. The maximum atomic E-state index is 12.8. The Morgan fingerprint density at radius 2 is 1.78 bits per heavy atom. The number of fused-ring (bicyclic) bond motifs is 5. The molecule has 1 aromatic rings. The van der Waals surface area contributed by atoms with Gasteiger partial charge in [-0.25, -0.2) is 9.69 Å². The minimum Gasteiger partial charge on any atom is -0.495 e. The fourth-order valence-corrected chi connectivity index (χ4v) is 4.14. The Balaban J connectivity index is 1.80. The van der Waals surface area contributed by atoms with E-state index in [-0.39, 0.29) is 46.7 Å². The van der Waals surface area contributed by atoms with Gasteiger partial charge in [0, 0.05) is 0 Å². The third kappa shape index (κ3) is 1.78. The van der Waals surface area contributed by atoms with Crippen LogP contribution in [0.15, 0.2) is 30.4 Å². The first-order chi connectivity index (χ1) is 11.0. The summed E-state index contributed by atoms with van der Waals surface area (Å²) >= 11 is 0. The van der Waals surface area contributed by atoms with Crippen LogP contribution in [0.3, 0.4) is 0 Å². The highest BCUT2D eigenvalue weighted by atomic mass is 16.5. The number of imide groups is 1. The molecule has 0 aromatic heterocycles. The van der Waals surface area contributed by atoms with Crippen LogP contribution < -0.4 is 9.64 Å². The van der Waals surface area contributed by atoms with Crippen molar-refractivity contribution in [3.8, 4) is 5.75 Å². The number of methoxy groups -OCH3 is 1. The van der Waals surface area contributed by atoms with E-state index in [2.05, 4.69) is 0 Å². The summed E-state index contributed by atoms with van der Waals surface area (Å²) in [7, 11) is 1.43. The van der Waals surface area contributed by atoms with E-state index in [0.29, 0.717) is 5.75 Å². The largest absolute Gasteiger partial charge is 0.495 e. The number of benzene rings is 1. The molecule has 6 heteroatoms. The fourth-order valence-electron chi connectivity index (χ4n) is 4.14. The number of anilines is 1. The van der Waals surface area contributed by atoms with Gasteiger partial charge in [0.05, 0.1) is 30.2 Å². The summed E-state index contributed by atoms with van der Waals surface area (Å²) in [6, 6.07) is 4.19. The molecule has 2 aliphatic carbocycles. The van der Waals surface area contributed by atoms with Gasteiger partial charge in [-0.15, -0.1) is 0 Å². The van der Waals surface area contributed by atoms with Gasteiger partial charge in [0.25, 0.3) is 0 Å². The summed E-state index contributed by atoms with van der Waals surface area (Å²) in [5.74, 6) is -1.73. The second-order valence-electron chi connectivity index (χ2n) is 6.20. The Bertz CT molecular complexity index is 738. The van der Waals surface area contributed by atoms with Crippen molar-refractivity contribution in [2.24, 2.45) is 23.7 Å². The summed E-state index contributed by atoms with van der Waals surface area (Å²) in [5.41, 5.74) is 0.232. The molecule has 1 saturated heterocycles. The zero-order valence-electron chi connectivity index (χ0n) is 12.4. The Kier molecular flexibility index (Phi) is 2.85. The molecule has 23 heavy (non-hydrogen) atoms. The molecule has 4 unspecified atom stereocenters. The van der Waals surface area contributed by atoms with Crippen LogP contribution in [0, 0.1) is 23.7 Å². The van der Waals surface area contributed by atoms with Crippen LogP contribution >= 0.6 is 0 Å². The van der Waals surface area contributed by atoms with Gasteiger partial charge in [0.2, 0.25) is 11.8 Å². The van der Waals surface area contributed by atoms with Gasteiger partial charge in [0.1, 0.15) is 5.75 Å². The topological polar surface area (TPSA) is 83.9 Å².